The van der Waals surface area contributed by atoms with E-state index in [0.29, 0.717) is 22.2 Å². The van der Waals surface area contributed by atoms with Gasteiger partial charge in [-0.3, -0.25) is 19.4 Å². The molecular formula is C28H24N2O2S3. The van der Waals surface area contributed by atoms with Gasteiger partial charge in [-0.05, 0) is 48.7 Å². The lowest BCUT2D eigenvalue weighted by molar-refractivity contribution is -0.122. The number of thioether (sulfide) groups is 1. The number of carbonyl (C=O) groups excluding carboxylic acids is 2. The van der Waals surface area contributed by atoms with Gasteiger partial charge in [0.1, 0.15) is 4.32 Å². The van der Waals surface area contributed by atoms with Crippen molar-refractivity contribution in [2.45, 2.75) is 35.5 Å². The Hall–Kier alpha value is -2.87. The molecule has 7 heteroatoms. The van der Waals surface area contributed by atoms with Crippen LogP contribution in [-0.4, -0.2) is 27.6 Å². The van der Waals surface area contributed by atoms with Crippen molar-refractivity contribution in [3.8, 4) is 0 Å². The maximum atomic E-state index is 13.3. The van der Waals surface area contributed by atoms with Crippen LogP contribution in [-0.2, 0) is 9.59 Å². The second-order valence-corrected chi connectivity index (χ2v) is 11.1. The van der Waals surface area contributed by atoms with Crippen molar-refractivity contribution in [2.24, 2.45) is 0 Å². The van der Waals surface area contributed by atoms with Crippen molar-refractivity contribution in [2.75, 3.05) is 11.4 Å². The molecule has 2 aliphatic heterocycles. The van der Waals surface area contributed by atoms with Gasteiger partial charge in [-0.15, -0.1) is 0 Å². The van der Waals surface area contributed by atoms with Gasteiger partial charge in [-0.2, -0.15) is 0 Å². The van der Waals surface area contributed by atoms with E-state index in [2.05, 4.69) is 12.1 Å². The molecule has 0 aromatic heterocycles. The fraction of sp³-hybridized carbons (Fsp3) is 0.179. The highest BCUT2D eigenvalue weighted by Crippen LogP contribution is 2.48. The van der Waals surface area contributed by atoms with Crippen LogP contribution in [0.25, 0.3) is 6.08 Å². The average molecular weight is 517 g/mol. The lowest BCUT2D eigenvalue weighted by Gasteiger charge is -2.31. The Bertz CT molecular complexity index is 1260. The van der Waals surface area contributed by atoms with Crippen molar-refractivity contribution in [1.82, 2.24) is 4.90 Å². The zero-order valence-electron chi connectivity index (χ0n) is 19.1. The van der Waals surface area contributed by atoms with Crippen LogP contribution in [0.5, 0.6) is 0 Å². The van der Waals surface area contributed by atoms with E-state index in [4.69, 9.17) is 12.2 Å². The fourth-order valence-electron chi connectivity index (χ4n) is 4.20. The number of thiocarbonyl (C=S) groups is 1. The first kappa shape index (κ1) is 23.9. The highest BCUT2D eigenvalue weighted by atomic mass is 32.2. The second kappa shape index (κ2) is 10.8. The summed E-state index contributed by atoms with van der Waals surface area (Å²) in [6.45, 7) is 0.580. The van der Waals surface area contributed by atoms with Gasteiger partial charge in [0.15, 0.2) is 0 Å². The van der Waals surface area contributed by atoms with Gasteiger partial charge in [0, 0.05) is 22.8 Å². The lowest BCUT2D eigenvalue weighted by Crippen LogP contribution is -2.29. The average Bonchev–Trinajstić information content (AvgIpc) is 3.14. The van der Waals surface area contributed by atoms with E-state index in [9.17, 15) is 9.59 Å². The van der Waals surface area contributed by atoms with E-state index < -0.39 is 0 Å². The minimum atomic E-state index is -0.0287. The van der Waals surface area contributed by atoms with Gasteiger partial charge in [0.05, 0.1) is 16.3 Å². The largest absolute Gasteiger partial charge is 0.293 e. The molecule has 0 N–H and O–H groups in total. The SMILES string of the molecule is O=C1C(=Cc2ccccc2)SC(=S)N1CCCCCC(=O)N1c2ccccc2Sc2ccccc21. The Labute approximate surface area is 219 Å². The molecule has 1 saturated heterocycles. The Morgan fingerprint density at radius 1 is 0.800 bits per heavy atom. The number of benzene rings is 3. The molecule has 0 aliphatic carbocycles. The van der Waals surface area contributed by atoms with E-state index in [0.717, 1.165) is 46.0 Å². The van der Waals surface area contributed by atoms with Crippen LogP contribution < -0.4 is 4.90 Å². The van der Waals surface area contributed by atoms with E-state index in [1.807, 2.05) is 77.7 Å². The van der Waals surface area contributed by atoms with Crippen molar-refractivity contribution in [1.29, 1.82) is 0 Å². The predicted octanol–water partition coefficient (Wildman–Crippen LogP) is 7.28. The van der Waals surface area contributed by atoms with E-state index in [1.54, 1.807) is 16.7 Å². The number of para-hydroxylation sites is 2. The third-order valence-electron chi connectivity index (χ3n) is 5.92. The molecule has 2 heterocycles. The first-order valence-electron chi connectivity index (χ1n) is 11.6. The predicted molar refractivity (Wildman–Crippen MR) is 149 cm³/mol. The lowest BCUT2D eigenvalue weighted by atomic mass is 10.1. The minimum Gasteiger partial charge on any atom is -0.293 e. The summed E-state index contributed by atoms with van der Waals surface area (Å²) in [5.74, 6) is 0.0700. The summed E-state index contributed by atoms with van der Waals surface area (Å²) < 4.78 is 0.604. The smallest absolute Gasteiger partial charge is 0.266 e. The van der Waals surface area contributed by atoms with Crippen molar-refractivity contribution in [3.05, 3.63) is 89.3 Å². The van der Waals surface area contributed by atoms with Gasteiger partial charge >= 0.3 is 0 Å². The summed E-state index contributed by atoms with van der Waals surface area (Å²) in [4.78, 5) is 32.5. The van der Waals surface area contributed by atoms with Crippen LogP contribution in [0.2, 0.25) is 0 Å². The standard InChI is InChI=1S/C28H24N2O2S3/c31-26(30-21-13-6-8-15-23(21)34-24-16-9-7-14-22(24)30)17-5-2-10-18-29-27(32)25(35-28(29)33)19-20-11-3-1-4-12-20/h1,3-4,6-9,11-16,19H,2,5,10,17-18H2. The van der Waals surface area contributed by atoms with Gasteiger partial charge in [-0.1, -0.05) is 96.8 Å². The summed E-state index contributed by atoms with van der Waals surface area (Å²) in [6.07, 6.45) is 4.78. The topological polar surface area (TPSA) is 40.6 Å². The molecule has 35 heavy (non-hydrogen) atoms. The summed E-state index contributed by atoms with van der Waals surface area (Å²) in [7, 11) is 0. The Morgan fingerprint density at radius 3 is 2.11 bits per heavy atom. The zero-order valence-corrected chi connectivity index (χ0v) is 21.5. The van der Waals surface area contributed by atoms with Crippen molar-refractivity contribution in [3.63, 3.8) is 0 Å². The summed E-state index contributed by atoms with van der Waals surface area (Å²) in [6, 6.07) is 25.9. The first-order chi connectivity index (χ1) is 17.1. The first-order valence-corrected chi connectivity index (χ1v) is 13.7. The van der Waals surface area contributed by atoms with Gasteiger partial charge in [0.25, 0.3) is 5.91 Å². The second-order valence-electron chi connectivity index (χ2n) is 8.32. The molecule has 0 atom stereocenters. The molecule has 2 amide bonds. The molecule has 0 unspecified atom stereocenters. The van der Waals surface area contributed by atoms with Gasteiger partial charge in [-0.25, -0.2) is 0 Å². The molecule has 1 fully saturated rings. The van der Waals surface area contributed by atoms with Crippen LogP contribution in [0.1, 0.15) is 31.2 Å². The maximum Gasteiger partial charge on any atom is 0.266 e. The third kappa shape index (κ3) is 5.22. The van der Waals surface area contributed by atoms with Crippen LogP contribution in [0, 0.1) is 0 Å². The number of fused-ring (bicyclic) bond motifs is 2. The third-order valence-corrected chi connectivity index (χ3v) is 8.43. The fourth-order valence-corrected chi connectivity index (χ4v) is 6.57. The summed E-state index contributed by atoms with van der Waals surface area (Å²) >= 11 is 8.51. The molecule has 0 spiro atoms. The molecule has 0 radical (unpaired) electrons. The summed E-state index contributed by atoms with van der Waals surface area (Å²) in [5.41, 5.74) is 2.89. The van der Waals surface area contributed by atoms with E-state index >= 15 is 0 Å². The molecule has 5 rings (SSSR count). The van der Waals surface area contributed by atoms with Crippen LogP contribution in [0.3, 0.4) is 0 Å². The maximum absolute atomic E-state index is 13.3. The molecule has 176 valence electrons. The Balaban J connectivity index is 1.16. The minimum absolute atomic E-state index is 0.0287. The zero-order chi connectivity index (χ0) is 24.2. The van der Waals surface area contributed by atoms with Crippen molar-refractivity contribution < 1.29 is 9.59 Å². The number of carbonyl (C=O) groups is 2. The molecule has 0 bridgehead atoms. The number of anilines is 2. The molecule has 2 aliphatic rings. The van der Waals surface area contributed by atoms with Crippen LogP contribution in [0.15, 0.2) is 93.6 Å². The molecule has 0 saturated carbocycles. The normalized spacial score (nSPS) is 15.9. The number of rotatable bonds is 7. The molecule has 4 nitrogen and oxygen atoms in total. The number of amides is 2. The monoisotopic (exact) mass is 516 g/mol. The molecule has 3 aromatic rings. The molecular weight excluding hydrogens is 493 g/mol. The highest BCUT2D eigenvalue weighted by molar-refractivity contribution is 8.26. The van der Waals surface area contributed by atoms with E-state index in [1.165, 1.54) is 11.8 Å². The Kier molecular flexibility index (Phi) is 7.37. The summed E-state index contributed by atoms with van der Waals surface area (Å²) in [5, 5.41) is 0. The van der Waals surface area contributed by atoms with Gasteiger partial charge in [0.2, 0.25) is 5.91 Å². The van der Waals surface area contributed by atoms with Crippen LogP contribution >= 0.6 is 35.7 Å². The number of hydrogen-bond donors (Lipinski definition) is 0. The quantitative estimate of drug-likeness (QED) is 0.188. The number of unbranched alkanes of at least 4 members (excludes halogenated alkanes) is 2. The van der Waals surface area contributed by atoms with Crippen LogP contribution in [0.4, 0.5) is 11.4 Å². The van der Waals surface area contributed by atoms with Gasteiger partial charge < -0.3 is 0 Å². The Morgan fingerprint density at radius 2 is 1.43 bits per heavy atom. The number of hydrogen-bond acceptors (Lipinski definition) is 5. The molecule has 3 aromatic carbocycles. The van der Waals surface area contributed by atoms with E-state index in [-0.39, 0.29) is 11.8 Å². The number of nitrogens with zero attached hydrogens (tertiary/aromatic N) is 2. The highest BCUT2D eigenvalue weighted by Gasteiger charge is 2.31. The van der Waals surface area contributed by atoms with Crippen molar-refractivity contribution >= 4 is 69.3 Å².